The largest absolute Gasteiger partial charge is 0.489 e. The molecule has 0 bridgehead atoms. The van der Waals surface area contributed by atoms with Gasteiger partial charge in [0.05, 0.1) is 0 Å². The second kappa shape index (κ2) is 8.93. The molecule has 0 aliphatic rings. The van der Waals surface area contributed by atoms with Gasteiger partial charge in [0.1, 0.15) is 12.4 Å². The lowest BCUT2D eigenvalue weighted by Gasteiger charge is -2.16. The molecule has 0 amide bonds. The van der Waals surface area contributed by atoms with E-state index in [1.807, 2.05) is 24.3 Å². The Labute approximate surface area is 156 Å². The van der Waals surface area contributed by atoms with Crippen molar-refractivity contribution in [2.75, 3.05) is 0 Å². The zero-order valence-corrected chi connectivity index (χ0v) is 16.3. The maximum absolute atomic E-state index is 6.20. The average Bonchev–Trinajstić information content (AvgIpc) is 2.53. The molecule has 5 heteroatoms. The number of hydrogen-bond acceptors (Lipinski definition) is 2. The maximum Gasteiger partial charge on any atom is 0.124 e. The third kappa shape index (κ3) is 5.68. The van der Waals surface area contributed by atoms with E-state index in [9.17, 15) is 0 Å². The van der Waals surface area contributed by atoms with Crippen molar-refractivity contribution in [3.05, 3.63) is 62.0 Å². The second-order valence-electron chi connectivity index (χ2n) is 5.47. The zero-order chi connectivity index (χ0) is 16.8. The van der Waals surface area contributed by atoms with Crippen LogP contribution in [0.3, 0.4) is 0 Å². The van der Waals surface area contributed by atoms with Gasteiger partial charge in [0.25, 0.3) is 0 Å². The Morgan fingerprint density at radius 3 is 2.61 bits per heavy atom. The number of hydrogen-bond donors (Lipinski definition) is 1. The first kappa shape index (κ1) is 18.6. The van der Waals surface area contributed by atoms with Crippen LogP contribution in [0.15, 0.2) is 40.9 Å². The van der Waals surface area contributed by atoms with Gasteiger partial charge in [0, 0.05) is 38.2 Å². The molecule has 0 saturated carbocycles. The highest BCUT2D eigenvalue weighted by Gasteiger charge is 2.08. The highest BCUT2D eigenvalue weighted by Crippen LogP contribution is 2.26. The molecule has 124 valence electrons. The number of rotatable bonds is 7. The SMILES string of the molecule is CC[C@H](C)NCc1cc(Br)ccc1OCc1ccc(Cl)cc1Cl. The van der Waals surface area contributed by atoms with E-state index in [4.69, 9.17) is 27.9 Å². The summed E-state index contributed by atoms with van der Waals surface area (Å²) in [6.45, 7) is 5.51. The van der Waals surface area contributed by atoms with Gasteiger partial charge in [-0.05, 0) is 43.7 Å². The van der Waals surface area contributed by atoms with Gasteiger partial charge in [-0.15, -0.1) is 0 Å². The van der Waals surface area contributed by atoms with Gasteiger partial charge in [-0.2, -0.15) is 0 Å². The Morgan fingerprint density at radius 1 is 1.13 bits per heavy atom. The van der Waals surface area contributed by atoms with Crippen LogP contribution in [0, 0.1) is 0 Å². The van der Waals surface area contributed by atoms with Crippen LogP contribution in [-0.4, -0.2) is 6.04 Å². The molecule has 0 heterocycles. The normalized spacial score (nSPS) is 12.2. The monoisotopic (exact) mass is 415 g/mol. The van der Waals surface area contributed by atoms with E-state index in [0.717, 1.165) is 34.3 Å². The van der Waals surface area contributed by atoms with Crippen LogP contribution in [0.2, 0.25) is 10.0 Å². The second-order valence-corrected chi connectivity index (χ2v) is 7.23. The van der Waals surface area contributed by atoms with E-state index in [-0.39, 0.29) is 0 Å². The summed E-state index contributed by atoms with van der Waals surface area (Å²) in [6.07, 6.45) is 1.09. The smallest absolute Gasteiger partial charge is 0.124 e. The van der Waals surface area contributed by atoms with Gasteiger partial charge >= 0.3 is 0 Å². The molecule has 0 spiro atoms. The summed E-state index contributed by atoms with van der Waals surface area (Å²) >= 11 is 15.6. The molecule has 1 atom stereocenters. The molecular formula is C18H20BrCl2NO. The van der Waals surface area contributed by atoms with E-state index in [1.165, 1.54) is 0 Å². The highest BCUT2D eigenvalue weighted by atomic mass is 79.9. The van der Waals surface area contributed by atoms with Crippen molar-refractivity contribution < 1.29 is 4.74 Å². The molecule has 0 aliphatic heterocycles. The highest BCUT2D eigenvalue weighted by molar-refractivity contribution is 9.10. The quantitative estimate of drug-likeness (QED) is 0.578. The molecule has 0 aliphatic carbocycles. The molecule has 0 unspecified atom stereocenters. The van der Waals surface area contributed by atoms with Gasteiger partial charge in [0.15, 0.2) is 0 Å². The summed E-state index contributed by atoms with van der Waals surface area (Å²) in [4.78, 5) is 0. The summed E-state index contributed by atoms with van der Waals surface area (Å²) in [5.41, 5.74) is 2.03. The summed E-state index contributed by atoms with van der Waals surface area (Å²) in [6, 6.07) is 11.9. The van der Waals surface area contributed by atoms with Gasteiger partial charge in [-0.25, -0.2) is 0 Å². The molecule has 2 aromatic rings. The van der Waals surface area contributed by atoms with E-state index in [2.05, 4.69) is 41.2 Å². The van der Waals surface area contributed by atoms with Gasteiger partial charge in [-0.1, -0.05) is 52.1 Å². The molecule has 0 saturated heterocycles. The molecule has 0 fully saturated rings. The fourth-order valence-electron chi connectivity index (χ4n) is 2.05. The molecule has 23 heavy (non-hydrogen) atoms. The number of ether oxygens (including phenoxy) is 1. The molecular weight excluding hydrogens is 397 g/mol. The van der Waals surface area contributed by atoms with Crippen molar-refractivity contribution in [2.24, 2.45) is 0 Å². The molecule has 2 aromatic carbocycles. The van der Waals surface area contributed by atoms with Crippen LogP contribution in [0.1, 0.15) is 31.4 Å². The molecule has 0 aromatic heterocycles. The first-order valence-corrected chi connectivity index (χ1v) is 9.13. The average molecular weight is 417 g/mol. The standard InChI is InChI=1S/C18H20BrCl2NO/c1-3-12(2)22-10-14-8-15(19)5-7-18(14)23-11-13-4-6-16(20)9-17(13)21/h4-9,12,22H,3,10-11H2,1-2H3/t12-/m0/s1. The van der Waals surface area contributed by atoms with E-state index in [0.29, 0.717) is 22.7 Å². The Hall–Kier alpha value is -0.740. The first-order chi connectivity index (χ1) is 11.0. The fourth-order valence-corrected chi connectivity index (χ4v) is 2.92. The zero-order valence-electron chi connectivity index (χ0n) is 13.2. The minimum Gasteiger partial charge on any atom is -0.489 e. The van der Waals surface area contributed by atoms with Gasteiger partial charge in [0.2, 0.25) is 0 Å². The lowest BCUT2D eigenvalue weighted by molar-refractivity contribution is 0.301. The van der Waals surface area contributed by atoms with Crippen LogP contribution < -0.4 is 10.1 Å². The van der Waals surface area contributed by atoms with Crippen molar-refractivity contribution in [3.8, 4) is 5.75 Å². The van der Waals surface area contributed by atoms with Crippen LogP contribution >= 0.6 is 39.1 Å². The summed E-state index contributed by atoms with van der Waals surface area (Å²) < 4.78 is 7.01. The minimum absolute atomic E-state index is 0.411. The minimum atomic E-state index is 0.411. The van der Waals surface area contributed by atoms with Crippen molar-refractivity contribution in [1.82, 2.24) is 5.32 Å². The number of halogens is 3. The van der Waals surface area contributed by atoms with Gasteiger partial charge < -0.3 is 10.1 Å². The van der Waals surface area contributed by atoms with Crippen LogP contribution in [-0.2, 0) is 13.2 Å². The molecule has 1 N–H and O–H groups in total. The van der Waals surface area contributed by atoms with E-state index in [1.54, 1.807) is 6.07 Å². The Bertz CT molecular complexity index is 663. The predicted molar refractivity (Wildman–Crippen MR) is 102 cm³/mol. The number of nitrogens with one attached hydrogen (secondary N) is 1. The van der Waals surface area contributed by atoms with Crippen molar-refractivity contribution in [3.63, 3.8) is 0 Å². The third-order valence-corrected chi connectivity index (χ3v) is 4.75. The lowest BCUT2D eigenvalue weighted by atomic mass is 10.1. The fraction of sp³-hybridized carbons (Fsp3) is 0.333. The predicted octanol–water partition coefficient (Wildman–Crippen LogP) is 6.22. The number of benzene rings is 2. The summed E-state index contributed by atoms with van der Waals surface area (Å²) in [5.74, 6) is 0.856. The molecule has 0 radical (unpaired) electrons. The van der Waals surface area contributed by atoms with Crippen LogP contribution in [0.25, 0.3) is 0 Å². The van der Waals surface area contributed by atoms with Crippen LogP contribution in [0.5, 0.6) is 5.75 Å². The van der Waals surface area contributed by atoms with E-state index >= 15 is 0 Å². The molecule has 2 rings (SSSR count). The van der Waals surface area contributed by atoms with Crippen molar-refractivity contribution in [1.29, 1.82) is 0 Å². The maximum atomic E-state index is 6.20. The Morgan fingerprint density at radius 2 is 1.91 bits per heavy atom. The van der Waals surface area contributed by atoms with Crippen LogP contribution in [0.4, 0.5) is 0 Å². The summed E-state index contributed by atoms with van der Waals surface area (Å²) in [5, 5.41) is 4.73. The Kier molecular flexibility index (Phi) is 7.22. The van der Waals surface area contributed by atoms with Crippen molar-refractivity contribution in [2.45, 2.75) is 39.5 Å². The summed E-state index contributed by atoms with van der Waals surface area (Å²) in [7, 11) is 0. The Balaban J connectivity index is 2.09. The first-order valence-electron chi connectivity index (χ1n) is 7.58. The van der Waals surface area contributed by atoms with Gasteiger partial charge in [-0.3, -0.25) is 0 Å². The lowest BCUT2D eigenvalue weighted by Crippen LogP contribution is -2.24. The molecule has 2 nitrogen and oxygen atoms in total. The third-order valence-electron chi connectivity index (χ3n) is 3.67. The van der Waals surface area contributed by atoms with Crippen molar-refractivity contribution >= 4 is 39.1 Å². The topological polar surface area (TPSA) is 21.3 Å². The van der Waals surface area contributed by atoms with E-state index < -0.39 is 0 Å².